The largest absolute Gasteiger partial charge is 0.393 e. The van der Waals surface area contributed by atoms with Gasteiger partial charge in [0.2, 0.25) is 0 Å². The average Bonchev–Trinajstić information content (AvgIpc) is 3.05. The molecule has 1 saturated heterocycles. The molecule has 0 radical (unpaired) electrons. The molecular weight excluding hydrogens is 328 g/mol. The van der Waals surface area contributed by atoms with Crippen molar-refractivity contribution in [2.45, 2.75) is 25.0 Å². The topological polar surface area (TPSA) is 101 Å². The summed E-state index contributed by atoms with van der Waals surface area (Å²) in [6, 6.07) is 8.08. The van der Waals surface area contributed by atoms with Crippen molar-refractivity contribution >= 4 is 10.2 Å². The zero-order valence-electron chi connectivity index (χ0n) is 13.1. The Hall–Kier alpha value is -1.74. The number of rotatable bonds is 2. The first-order valence-corrected chi connectivity index (χ1v) is 9.54. The second kappa shape index (κ2) is 5.66. The summed E-state index contributed by atoms with van der Waals surface area (Å²) in [7, 11) is -3.73. The Labute approximate surface area is 140 Å². The fraction of sp³-hybridized carbons (Fsp3) is 0.438. The third-order valence-corrected chi connectivity index (χ3v) is 6.25. The molecule has 2 aliphatic rings. The minimum atomic E-state index is -3.73. The van der Waals surface area contributed by atoms with E-state index in [1.807, 2.05) is 18.3 Å². The Morgan fingerprint density at radius 3 is 2.75 bits per heavy atom. The third-order valence-electron chi connectivity index (χ3n) is 5.17. The molecule has 3 N–H and O–H groups in total. The van der Waals surface area contributed by atoms with E-state index in [-0.39, 0.29) is 18.5 Å². The van der Waals surface area contributed by atoms with Crippen LogP contribution in [0.2, 0.25) is 0 Å². The molecule has 0 spiro atoms. The van der Waals surface area contributed by atoms with Gasteiger partial charge in [0.05, 0.1) is 30.4 Å². The Morgan fingerprint density at radius 2 is 1.96 bits per heavy atom. The summed E-state index contributed by atoms with van der Waals surface area (Å²) in [5.74, 6) is -0.0895. The standard InChI is InChI=1S/C16H20N4O3S/c17-24(22,23)19-7-5-13(15(21)6-8-19)16-12-4-2-1-3-11(12)14-9-18-10-20(14)16/h1-4,9-10,13,15-16,21H,5-8H2,(H2,17,22,23)/t13-,15-,16+/m1/s1. The van der Waals surface area contributed by atoms with Gasteiger partial charge in [-0.2, -0.15) is 12.7 Å². The summed E-state index contributed by atoms with van der Waals surface area (Å²) in [5.41, 5.74) is 3.32. The van der Waals surface area contributed by atoms with Crippen LogP contribution in [0.25, 0.3) is 11.3 Å². The molecule has 3 atom stereocenters. The number of hydrogen-bond donors (Lipinski definition) is 2. The van der Waals surface area contributed by atoms with Crippen molar-refractivity contribution in [3.8, 4) is 11.3 Å². The molecule has 4 rings (SSSR count). The number of aliphatic hydroxyl groups is 1. The predicted octanol–water partition coefficient (Wildman–Crippen LogP) is 0.729. The summed E-state index contributed by atoms with van der Waals surface area (Å²) in [4.78, 5) is 4.25. The maximum atomic E-state index is 11.6. The molecule has 0 unspecified atom stereocenters. The van der Waals surface area contributed by atoms with E-state index in [0.717, 1.165) is 16.8 Å². The van der Waals surface area contributed by atoms with Gasteiger partial charge in [-0.25, -0.2) is 10.1 Å². The van der Waals surface area contributed by atoms with Crippen LogP contribution >= 0.6 is 0 Å². The van der Waals surface area contributed by atoms with Crippen molar-refractivity contribution in [2.24, 2.45) is 11.1 Å². The highest BCUT2D eigenvalue weighted by molar-refractivity contribution is 7.86. The lowest BCUT2D eigenvalue weighted by Gasteiger charge is -2.28. The van der Waals surface area contributed by atoms with Crippen LogP contribution < -0.4 is 5.14 Å². The Bertz CT molecular complexity index is 864. The first kappa shape index (κ1) is 15.8. The fourth-order valence-corrected chi connectivity index (χ4v) is 4.74. The summed E-state index contributed by atoms with van der Waals surface area (Å²) >= 11 is 0. The van der Waals surface area contributed by atoms with Gasteiger partial charge in [-0.1, -0.05) is 24.3 Å². The number of nitrogens with zero attached hydrogens (tertiary/aromatic N) is 3. The van der Waals surface area contributed by atoms with Crippen molar-refractivity contribution in [1.29, 1.82) is 0 Å². The molecule has 8 heteroatoms. The maximum absolute atomic E-state index is 11.6. The third kappa shape index (κ3) is 2.46. The van der Waals surface area contributed by atoms with Gasteiger partial charge < -0.3 is 9.67 Å². The van der Waals surface area contributed by atoms with Crippen LogP contribution in [0.15, 0.2) is 36.8 Å². The van der Waals surface area contributed by atoms with Crippen LogP contribution in [0.4, 0.5) is 0 Å². The van der Waals surface area contributed by atoms with E-state index >= 15 is 0 Å². The smallest absolute Gasteiger partial charge is 0.276 e. The molecule has 0 saturated carbocycles. The molecule has 2 aliphatic heterocycles. The minimum absolute atomic E-state index is 0.0332. The Morgan fingerprint density at radius 1 is 1.21 bits per heavy atom. The zero-order chi connectivity index (χ0) is 16.9. The molecule has 1 aromatic carbocycles. The Balaban J connectivity index is 1.71. The van der Waals surface area contributed by atoms with Crippen LogP contribution in [0.1, 0.15) is 24.4 Å². The lowest BCUT2D eigenvalue weighted by molar-refractivity contribution is 0.0836. The molecule has 7 nitrogen and oxygen atoms in total. The van der Waals surface area contributed by atoms with Crippen LogP contribution in [0.5, 0.6) is 0 Å². The first-order valence-electron chi connectivity index (χ1n) is 8.04. The summed E-state index contributed by atoms with van der Waals surface area (Å²) in [6.07, 6.45) is 3.95. The quantitative estimate of drug-likeness (QED) is 0.835. The lowest BCUT2D eigenvalue weighted by atomic mass is 9.85. The molecule has 1 fully saturated rings. The molecule has 128 valence electrons. The van der Waals surface area contributed by atoms with Crippen molar-refractivity contribution in [1.82, 2.24) is 13.9 Å². The highest BCUT2D eigenvalue weighted by Gasteiger charge is 2.39. The molecule has 1 aromatic heterocycles. The summed E-state index contributed by atoms with van der Waals surface area (Å²) in [5, 5.41) is 15.9. The zero-order valence-corrected chi connectivity index (χ0v) is 13.9. The van der Waals surface area contributed by atoms with Gasteiger partial charge >= 0.3 is 0 Å². The SMILES string of the molecule is NS(=O)(=O)N1CC[C@@H]([C@@H]2c3ccccc3-c3cncn32)[C@H](O)CC1. The highest BCUT2D eigenvalue weighted by Crippen LogP contribution is 2.45. The van der Waals surface area contributed by atoms with Crippen molar-refractivity contribution < 1.29 is 13.5 Å². The lowest BCUT2D eigenvalue weighted by Crippen LogP contribution is -2.37. The molecule has 2 aromatic rings. The monoisotopic (exact) mass is 348 g/mol. The van der Waals surface area contributed by atoms with Gasteiger partial charge in [0, 0.05) is 24.6 Å². The number of hydrogen-bond acceptors (Lipinski definition) is 4. The number of aliphatic hydroxyl groups excluding tert-OH is 1. The van der Waals surface area contributed by atoms with E-state index in [1.54, 1.807) is 6.33 Å². The van der Waals surface area contributed by atoms with Crippen LogP contribution in [-0.2, 0) is 10.2 Å². The van der Waals surface area contributed by atoms with Gasteiger partial charge in [0.1, 0.15) is 0 Å². The van der Waals surface area contributed by atoms with E-state index in [1.165, 1.54) is 4.31 Å². The number of aromatic nitrogens is 2. The van der Waals surface area contributed by atoms with E-state index < -0.39 is 16.3 Å². The summed E-state index contributed by atoms with van der Waals surface area (Å²) in [6.45, 7) is 0.574. The van der Waals surface area contributed by atoms with Crippen LogP contribution in [0, 0.1) is 5.92 Å². The van der Waals surface area contributed by atoms with Crippen LogP contribution in [0.3, 0.4) is 0 Å². The average molecular weight is 348 g/mol. The predicted molar refractivity (Wildman–Crippen MR) is 89.2 cm³/mol. The second-order valence-corrected chi connectivity index (χ2v) is 8.02. The molecule has 0 aliphatic carbocycles. The Kier molecular flexibility index (Phi) is 3.72. The van der Waals surface area contributed by atoms with Gasteiger partial charge in [-0.3, -0.25) is 0 Å². The first-order chi connectivity index (χ1) is 11.5. The van der Waals surface area contributed by atoms with Gasteiger partial charge in [-0.15, -0.1) is 0 Å². The van der Waals surface area contributed by atoms with Crippen molar-refractivity contribution in [3.63, 3.8) is 0 Å². The van der Waals surface area contributed by atoms with Crippen molar-refractivity contribution in [2.75, 3.05) is 13.1 Å². The van der Waals surface area contributed by atoms with E-state index in [4.69, 9.17) is 5.14 Å². The molecule has 24 heavy (non-hydrogen) atoms. The maximum Gasteiger partial charge on any atom is 0.276 e. The molecule has 0 bridgehead atoms. The molecule has 3 heterocycles. The number of benzene rings is 1. The van der Waals surface area contributed by atoms with E-state index in [9.17, 15) is 13.5 Å². The van der Waals surface area contributed by atoms with Gasteiger partial charge in [0.15, 0.2) is 0 Å². The number of nitrogens with two attached hydrogens (primary N) is 1. The van der Waals surface area contributed by atoms with Crippen molar-refractivity contribution in [3.05, 3.63) is 42.4 Å². The van der Waals surface area contributed by atoms with Crippen LogP contribution in [-0.4, -0.2) is 46.6 Å². The van der Waals surface area contributed by atoms with Gasteiger partial charge in [-0.05, 0) is 18.4 Å². The minimum Gasteiger partial charge on any atom is -0.393 e. The van der Waals surface area contributed by atoms with E-state index in [0.29, 0.717) is 19.4 Å². The number of imidazole rings is 1. The normalized spacial score (nSPS) is 27.5. The fourth-order valence-electron chi connectivity index (χ4n) is 4.02. The molecule has 0 amide bonds. The second-order valence-electron chi connectivity index (χ2n) is 6.47. The molecular formula is C16H20N4O3S. The highest BCUT2D eigenvalue weighted by atomic mass is 32.2. The number of fused-ring (bicyclic) bond motifs is 3. The van der Waals surface area contributed by atoms with Gasteiger partial charge in [0.25, 0.3) is 10.2 Å². The van der Waals surface area contributed by atoms with E-state index in [2.05, 4.69) is 21.7 Å². The summed E-state index contributed by atoms with van der Waals surface area (Å²) < 4.78 is 26.6.